The lowest BCUT2D eigenvalue weighted by Crippen LogP contribution is -2.36. The van der Waals surface area contributed by atoms with Crippen LogP contribution >= 0.6 is 12.4 Å². The van der Waals surface area contributed by atoms with Crippen LogP contribution in [0.3, 0.4) is 0 Å². The van der Waals surface area contributed by atoms with Crippen molar-refractivity contribution in [2.24, 2.45) is 5.41 Å². The summed E-state index contributed by atoms with van der Waals surface area (Å²) in [7, 11) is 4.06. The molecule has 0 aromatic heterocycles. The van der Waals surface area contributed by atoms with E-state index in [-0.39, 0.29) is 24.6 Å². The monoisotopic (exact) mass is 337 g/mol. The number of hydrogen-bond acceptors (Lipinski definition) is 4. The largest absolute Gasteiger partial charge is 0.454 e. The van der Waals surface area contributed by atoms with Crippen LogP contribution in [0.2, 0.25) is 0 Å². The minimum atomic E-state index is -0.217. The van der Waals surface area contributed by atoms with Crippen LogP contribution in [0.4, 0.5) is 0 Å². The van der Waals surface area contributed by atoms with E-state index in [4.69, 9.17) is 9.47 Å². The molecular formula is C18H24ClNO3. The molecule has 1 aromatic carbocycles. The van der Waals surface area contributed by atoms with Crippen molar-refractivity contribution in [3.05, 3.63) is 29.3 Å². The van der Waals surface area contributed by atoms with Gasteiger partial charge >= 0.3 is 0 Å². The predicted molar refractivity (Wildman–Crippen MR) is 93.3 cm³/mol. The standard InChI is InChI=1S/C18H23NO3.ClH/c1-4-18(11-19(2)3)8-7-14(17(18)20)9-13-5-6-15-16(10-13)22-12-21-15;/h5-6,9-10H,4,7-8,11-12H2,1-3H3;1H. The van der Waals surface area contributed by atoms with Crippen LogP contribution in [-0.2, 0) is 4.79 Å². The molecular weight excluding hydrogens is 314 g/mol. The highest BCUT2D eigenvalue weighted by Gasteiger charge is 2.43. The predicted octanol–water partition coefficient (Wildman–Crippen LogP) is 3.54. The third kappa shape index (κ3) is 3.38. The van der Waals surface area contributed by atoms with Crippen LogP contribution in [0.1, 0.15) is 31.7 Å². The summed E-state index contributed by atoms with van der Waals surface area (Å²) in [5.74, 6) is 1.84. The number of ketones is 1. The van der Waals surface area contributed by atoms with Crippen molar-refractivity contribution in [2.45, 2.75) is 26.2 Å². The van der Waals surface area contributed by atoms with Gasteiger partial charge < -0.3 is 14.4 Å². The molecule has 0 N–H and O–H groups in total. The average molecular weight is 338 g/mol. The minimum absolute atomic E-state index is 0. The Kier molecular flexibility index (Phi) is 5.37. The van der Waals surface area contributed by atoms with E-state index in [0.717, 1.165) is 48.4 Å². The maximum Gasteiger partial charge on any atom is 0.231 e. The Hall–Kier alpha value is -1.52. The van der Waals surface area contributed by atoms with E-state index in [2.05, 4.69) is 11.8 Å². The zero-order valence-electron chi connectivity index (χ0n) is 13.9. The first kappa shape index (κ1) is 17.8. The Labute approximate surface area is 143 Å². The molecule has 0 spiro atoms. The quantitative estimate of drug-likeness (QED) is 0.788. The molecule has 0 radical (unpaired) electrons. The number of benzene rings is 1. The van der Waals surface area contributed by atoms with Gasteiger partial charge in [-0.3, -0.25) is 4.79 Å². The molecule has 1 unspecified atom stereocenters. The lowest BCUT2D eigenvalue weighted by molar-refractivity contribution is -0.123. The van der Waals surface area contributed by atoms with E-state index >= 15 is 0 Å². The summed E-state index contributed by atoms with van der Waals surface area (Å²) < 4.78 is 10.7. The Morgan fingerprint density at radius 3 is 2.70 bits per heavy atom. The summed E-state index contributed by atoms with van der Waals surface area (Å²) in [4.78, 5) is 15.0. The Morgan fingerprint density at radius 1 is 1.26 bits per heavy atom. The normalized spacial score (nSPS) is 24.3. The smallest absolute Gasteiger partial charge is 0.231 e. The highest BCUT2D eigenvalue weighted by atomic mass is 35.5. The number of fused-ring (bicyclic) bond motifs is 1. The van der Waals surface area contributed by atoms with Gasteiger partial charge in [-0.25, -0.2) is 0 Å². The fourth-order valence-corrected chi connectivity index (χ4v) is 3.49. The van der Waals surface area contributed by atoms with Crippen LogP contribution in [0.5, 0.6) is 11.5 Å². The molecule has 126 valence electrons. The van der Waals surface area contributed by atoms with Crippen molar-refractivity contribution in [1.82, 2.24) is 4.90 Å². The molecule has 0 bridgehead atoms. The van der Waals surface area contributed by atoms with Gasteiger partial charge in [-0.1, -0.05) is 13.0 Å². The maximum absolute atomic E-state index is 12.9. The van der Waals surface area contributed by atoms with E-state index in [1.54, 1.807) is 0 Å². The number of nitrogens with zero attached hydrogens (tertiary/aromatic N) is 1. The molecule has 1 heterocycles. The lowest BCUT2D eigenvalue weighted by Gasteiger charge is -2.28. The molecule has 2 aliphatic rings. The summed E-state index contributed by atoms with van der Waals surface area (Å²) >= 11 is 0. The Bertz CT molecular complexity index is 627. The van der Waals surface area contributed by atoms with Crippen molar-refractivity contribution >= 4 is 24.3 Å². The van der Waals surface area contributed by atoms with E-state index in [0.29, 0.717) is 5.78 Å². The first-order valence-electron chi connectivity index (χ1n) is 7.84. The number of carbonyl (C=O) groups is 1. The number of halogens is 1. The van der Waals surface area contributed by atoms with Crippen LogP contribution in [0, 0.1) is 5.41 Å². The van der Waals surface area contributed by atoms with Gasteiger partial charge in [0.2, 0.25) is 6.79 Å². The zero-order chi connectivity index (χ0) is 15.7. The maximum atomic E-state index is 12.9. The Balaban J connectivity index is 0.00000192. The third-order valence-corrected chi connectivity index (χ3v) is 4.68. The van der Waals surface area contributed by atoms with Crippen LogP contribution in [-0.4, -0.2) is 38.1 Å². The van der Waals surface area contributed by atoms with Gasteiger partial charge in [0.05, 0.1) is 0 Å². The second-order valence-electron chi connectivity index (χ2n) is 6.48. The topological polar surface area (TPSA) is 38.8 Å². The molecule has 0 saturated heterocycles. The molecule has 1 aliphatic carbocycles. The summed E-state index contributed by atoms with van der Waals surface area (Å²) in [5, 5.41) is 0. The molecule has 3 rings (SSSR count). The van der Waals surface area contributed by atoms with Crippen LogP contribution in [0.15, 0.2) is 23.8 Å². The second kappa shape index (κ2) is 6.93. The highest BCUT2D eigenvalue weighted by molar-refractivity contribution is 6.05. The van der Waals surface area contributed by atoms with Gasteiger partial charge in [0.25, 0.3) is 0 Å². The van der Waals surface area contributed by atoms with Crippen molar-refractivity contribution < 1.29 is 14.3 Å². The SMILES string of the molecule is CCC1(CN(C)C)CCC(=Cc2ccc3c(c2)OCO3)C1=O.Cl. The number of Topliss-reactive ketones (excluding diaryl/α,β-unsaturated/α-hetero) is 1. The number of carbonyl (C=O) groups excluding carboxylic acids is 1. The molecule has 1 aliphatic heterocycles. The van der Waals surface area contributed by atoms with Gasteiger partial charge in [-0.2, -0.15) is 0 Å². The second-order valence-corrected chi connectivity index (χ2v) is 6.48. The van der Waals surface area contributed by atoms with Gasteiger partial charge in [-0.15, -0.1) is 12.4 Å². The highest BCUT2D eigenvalue weighted by Crippen LogP contribution is 2.42. The van der Waals surface area contributed by atoms with E-state index < -0.39 is 0 Å². The molecule has 23 heavy (non-hydrogen) atoms. The first-order valence-corrected chi connectivity index (χ1v) is 7.84. The summed E-state index contributed by atoms with van der Waals surface area (Å²) in [6.07, 6.45) is 4.70. The van der Waals surface area contributed by atoms with Gasteiger partial charge in [0.1, 0.15) is 0 Å². The molecule has 0 amide bonds. The van der Waals surface area contributed by atoms with Gasteiger partial charge in [-0.05, 0) is 62.7 Å². The number of rotatable bonds is 4. The van der Waals surface area contributed by atoms with Crippen LogP contribution < -0.4 is 9.47 Å². The molecule has 1 saturated carbocycles. The van der Waals surface area contributed by atoms with Crippen LogP contribution in [0.25, 0.3) is 6.08 Å². The first-order chi connectivity index (χ1) is 10.5. The number of allylic oxidation sites excluding steroid dienone is 1. The van der Waals surface area contributed by atoms with Crippen molar-refractivity contribution in [2.75, 3.05) is 27.4 Å². The van der Waals surface area contributed by atoms with Gasteiger partial charge in [0.15, 0.2) is 17.3 Å². The zero-order valence-corrected chi connectivity index (χ0v) is 14.7. The van der Waals surface area contributed by atoms with E-state index in [9.17, 15) is 4.79 Å². The molecule has 4 nitrogen and oxygen atoms in total. The summed E-state index contributed by atoms with van der Waals surface area (Å²) in [6, 6.07) is 5.83. The van der Waals surface area contributed by atoms with Crippen molar-refractivity contribution in [3.63, 3.8) is 0 Å². The lowest BCUT2D eigenvalue weighted by atomic mass is 9.81. The van der Waals surface area contributed by atoms with Gasteiger partial charge in [0, 0.05) is 12.0 Å². The van der Waals surface area contributed by atoms with Crippen molar-refractivity contribution in [3.8, 4) is 11.5 Å². The van der Waals surface area contributed by atoms with E-state index in [1.807, 2.05) is 38.4 Å². The third-order valence-electron chi connectivity index (χ3n) is 4.68. The average Bonchev–Trinajstić information content (AvgIpc) is 3.06. The summed E-state index contributed by atoms with van der Waals surface area (Å²) in [5.41, 5.74) is 1.72. The fourth-order valence-electron chi connectivity index (χ4n) is 3.49. The fraction of sp³-hybridized carbons (Fsp3) is 0.500. The number of ether oxygens (including phenoxy) is 2. The molecule has 5 heteroatoms. The molecule has 1 fully saturated rings. The summed E-state index contributed by atoms with van der Waals surface area (Å²) in [6.45, 7) is 3.21. The molecule has 1 aromatic rings. The van der Waals surface area contributed by atoms with E-state index in [1.165, 1.54) is 0 Å². The number of hydrogen-bond donors (Lipinski definition) is 0. The van der Waals surface area contributed by atoms with Crippen molar-refractivity contribution in [1.29, 1.82) is 0 Å². The Morgan fingerprint density at radius 2 is 2.00 bits per heavy atom. The molecule has 1 atom stereocenters. The minimum Gasteiger partial charge on any atom is -0.454 e.